The summed E-state index contributed by atoms with van der Waals surface area (Å²) in [5.41, 5.74) is 0.0357. The number of alkyl halides is 3. The smallest absolute Gasteiger partial charge is 0.411 e. The van der Waals surface area contributed by atoms with Crippen LogP contribution in [0.5, 0.6) is 0 Å². The largest absolute Gasteiger partial charge is 0.433 e. The molecule has 3 heterocycles. The van der Waals surface area contributed by atoms with Crippen LogP contribution in [0.1, 0.15) is 12.1 Å². The number of hydrogen-bond acceptors (Lipinski definition) is 7. The van der Waals surface area contributed by atoms with E-state index in [4.69, 9.17) is 14.7 Å². The Kier molecular flexibility index (Phi) is 5.07. The molecule has 160 valence electrons. The highest BCUT2D eigenvalue weighted by molar-refractivity contribution is 7.99. The van der Waals surface area contributed by atoms with E-state index in [1.165, 1.54) is 0 Å². The van der Waals surface area contributed by atoms with E-state index < -0.39 is 18.2 Å². The number of thioether (sulfide) groups is 1. The minimum atomic E-state index is -4.62. The van der Waals surface area contributed by atoms with Gasteiger partial charge < -0.3 is 14.7 Å². The number of aromatic nitrogens is 2. The molecule has 3 atom stereocenters. The van der Waals surface area contributed by atoms with E-state index in [0.29, 0.717) is 17.7 Å². The van der Waals surface area contributed by atoms with Gasteiger partial charge >= 0.3 is 6.18 Å². The Morgan fingerprint density at radius 2 is 1.87 bits per heavy atom. The van der Waals surface area contributed by atoms with Gasteiger partial charge in [-0.2, -0.15) is 13.2 Å². The van der Waals surface area contributed by atoms with Gasteiger partial charge in [0.15, 0.2) is 5.16 Å². The van der Waals surface area contributed by atoms with E-state index in [9.17, 15) is 13.2 Å². The monoisotopic (exact) mass is 447 g/mol. The van der Waals surface area contributed by atoms with Crippen LogP contribution in [0.4, 0.5) is 13.2 Å². The molecule has 2 aromatic carbocycles. The second-order valence-electron chi connectivity index (χ2n) is 7.27. The summed E-state index contributed by atoms with van der Waals surface area (Å²) in [6, 6.07) is 14.0. The first kappa shape index (κ1) is 20.2. The highest BCUT2D eigenvalue weighted by atomic mass is 32.2. The molecule has 0 unspecified atom stereocenters. The van der Waals surface area contributed by atoms with Crippen molar-refractivity contribution in [2.45, 2.75) is 35.4 Å². The van der Waals surface area contributed by atoms with Crippen molar-refractivity contribution in [3.05, 3.63) is 54.2 Å². The van der Waals surface area contributed by atoms with E-state index in [1.54, 1.807) is 6.07 Å². The molecule has 0 spiro atoms. The van der Waals surface area contributed by atoms with Crippen molar-refractivity contribution in [1.82, 2.24) is 9.97 Å². The zero-order chi connectivity index (χ0) is 21.6. The van der Waals surface area contributed by atoms with E-state index >= 15 is 0 Å². The number of benzene rings is 2. The van der Waals surface area contributed by atoms with Crippen LogP contribution < -0.4 is 0 Å². The maximum atomic E-state index is 13.6. The summed E-state index contributed by atoms with van der Waals surface area (Å²) >= 11 is 1.07. The Bertz CT molecular complexity index is 1170. The number of hydrogen-bond donors (Lipinski definition) is 1. The number of ether oxygens (including phenoxy) is 2. The zero-order valence-electron chi connectivity index (χ0n) is 15.9. The molecule has 0 amide bonds. The van der Waals surface area contributed by atoms with Gasteiger partial charge in [-0.15, -0.1) is 0 Å². The summed E-state index contributed by atoms with van der Waals surface area (Å²) < 4.78 is 51.7. The van der Waals surface area contributed by atoms with Crippen LogP contribution in [0.15, 0.2) is 58.8 Å². The summed E-state index contributed by atoms with van der Waals surface area (Å²) in [5.74, 6) is 0. The van der Waals surface area contributed by atoms with E-state index in [2.05, 4.69) is 15.1 Å². The molecular weight excluding hydrogens is 431 g/mol. The lowest BCUT2D eigenvalue weighted by molar-refractivity contribution is -0.141. The summed E-state index contributed by atoms with van der Waals surface area (Å²) in [7, 11) is 0. The van der Waals surface area contributed by atoms with Crippen molar-refractivity contribution in [1.29, 1.82) is 0 Å². The quantitative estimate of drug-likeness (QED) is 0.355. The first-order valence-corrected chi connectivity index (χ1v) is 10.4. The molecule has 2 aliphatic heterocycles. The number of rotatable bonds is 3. The minimum Gasteiger partial charge on any atom is -0.411 e. The van der Waals surface area contributed by atoms with Crippen LogP contribution in [-0.2, 0) is 15.7 Å². The average Bonchev–Trinajstić information content (AvgIpc) is 3.19. The number of halogens is 3. The molecule has 1 N–H and O–H groups in total. The number of fused-ring (bicyclic) bond motifs is 3. The fourth-order valence-corrected chi connectivity index (χ4v) is 4.81. The van der Waals surface area contributed by atoms with E-state index in [1.807, 2.05) is 36.4 Å². The van der Waals surface area contributed by atoms with Gasteiger partial charge in [0.25, 0.3) is 0 Å². The highest BCUT2D eigenvalue weighted by Crippen LogP contribution is 2.38. The van der Waals surface area contributed by atoms with E-state index in [0.717, 1.165) is 28.6 Å². The summed E-state index contributed by atoms with van der Waals surface area (Å²) in [6.45, 7) is 0.262. The first-order valence-electron chi connectivity index (χ1n) is 9.51. The fraction of sp³-hybridized carbons (Fsp3) is 0.286. The van der Waals surface area contributed by atoms with Crippen molar-refractivity contribution >= 4 is 28.2 Å². The third kappa shape index (κ3) is 3.98. The normalized spacial score (nSPS) is 24.7. The molecule has 2 bridgehead atoms. The van der Waals surface area contributed by atoms with Gasteiger partial charge in [0.05, 0.1) is 18.4 Å². The Morgan fingerprint density at radius 3 is 2.65 bits per heavy atom. The lowest BCUT2D eigenvalue weighted by Crippen LogP contribution is -2.37. The van der Waals surface area contributed by atoms with Crippen LogP contribution in [0, 0.1) is 0 Å². The lowest BCUT2D eigenvalue weighted by atomic mass is 10.0. The zero-order valence-corrected chi connectivity index (χ0v) is 16.7. The highest BCUT2D eigenvalue weighted by Gasteiger charge is 2.43. The molecule has 0 aliphatic carbocycles. The first-order chi connectivity index (χ1) is 14.9. The molecule has 6 nitrogen and oxygen atoms in total. The van der Waals surface area contributed by atoms with Gasteiger partial charge in [0, 0.05) is 17.2 Å². The standard InChI is InChI=1S/C21H16F3N3O3S/c22-21(23,24)18-9-14(13-6-5-11-3-1-2-4-12(11)7-13)25-20(26-18)31-17-8-15(27-28)19-29-10-16(17)30-19/h1-7,9,16-17,19,28H,8,10H2/b27-15-/t16-,17+,19-/m0/s1. The molecule has 10 heteroatoms. The summed E-state index contributed by atoms with van der Waals surface area (Å²) in [6.07, 6.45) is -5.36. The second kappa shape index (κ2) is 7.77. The topological polar surface area (TPSA) is 76.8 Å². The van der Waals surface area contributed by atoms with Crippen molar-refractivity contribution in [3.8, 4) is 11.3 Å². The number of oxime groups is 1. The van der Waals surface area contributed by atoms with Crippen LogP contribution in [0.3, 0.4) is 0 Å². The molecular formula is C21H16F3N3O3S. The average molecular weight is 447 g/mol. The maximum absolute atomic E-state index is 13.6. The van der Waals surface area contributed by atoms with Crippen molar-refractivity contribution in [3.63, 3.8) is 0 Å². The van der Waals surface area contributed by atoms with Crippen LogP contribution in [0.25, 0.3) is 22.0 Å². The molecule has 0 radical (unpaired) electrons. The second-order valence-corrected chi connectivity index (χ2v) is 8.48. The molecule has 5 rings (SSSR count). The molecule has 1 aromatic heterocycles. The summed E-state index contributed by atoms with van der Waals surface area (Å²) in [4.78, 5) is 8.15. The third-order valence-corrected chi connectivity index (χ3v) is 6.40. The SMILES string of the molecule is O/N=C1/C[C@@H](Sc2nc(-c3ccc4ccccc4c3)cc(C(F)(F)F)n2)[C@@H]2CO[C@H]1O2. The third-order valence-electron chi connectivity index (χ3n) is 5.23. The van der Waals surface area contributed by atoms with Gasteiger partial charge in [0.1, 0.15) is 11.4 Å². The van der Waals surface area contributed by atoms with Crippen molar-refractivity contribution in [2.24, 2.45) is 5.16 Å². The van der Waals surface area contributed by atoms with Gasteiger partial charge in [0.2, 0.25) is 6.29 Å². The lowest BCUT2D eigenvalue weighted by Gasteiger charge is -2.26. The van der Waals surface area contributed by atoms with Crippen LogP contribution >= 0.6 is 11.8 Å². The van der Waals surface area contributed by atoms with Gasteiger partial charge in [-0.3, -0.25) is 0 Å². The molecule has 2 aliphatic rings. The van der Waals surface area contributed by atoms with Gasteiger partial charge in [-0.25, -0.2) is 9.97 Å². The molecule has 2 fully saturated rings. The van der Waals surface area contributed by atoms with Gasteiger partial charge in [-0.05, 0) is 22.9 Å². The molecule has 31 heavy (non-hydrogen) atoms. The Hall–Kier alpha value is -2.69. The molecule has 0 saturated carbocycles. The van der Waals surface area contributed by atoms with E-state index in [-0.39, 0.29) is 28.8 Å². The number of nitrogens with zero attached hydrogens (tertiary/aromatic N) is 3. The predicted octanol–water partition coefficient (Wildman–Crippen LogP) is 4.75. The van der Waals surface area contributed by atoms with Crippen LogP contribution in [-0.4, -0.2) is 45.1 Å². The Labute approximate surface area is 179 Å². The Balaban J connectivity index is 1.53. The minimum absolute atomic E-state index is 0.0192. The van der Waals surface area contributed by atoms with Crippen LogP contribution in [0.2, 0.25) is 0 Å². The Morgan fingerprint density at radius 1 is 1.06 bits per heavy atom. The van der Waals surface area contributed by atoms with Crippen molar-refractivity contribution in [2.75, 3.05) is 6.61 Å². The predicted molar refractivity (Wildman–Crippen MR) is 108 cm³/mol. The van der Waals surface area contributed by atoms with Crippen molar-refractivity contribution < 1.29 is 27.9 Å². The molecule has 2 saturated heterocycles. The molecule has 3 aromatic rings. The van der Waals surface area contributed by atoms with Gasteiger partial charge in [-0.1, -0.05) is 53.3 Å². The fourth-order valence-electron chi connectivity index (χ4n) is 3.68. The summed E-state index contributed by atoms with van der Waals surface area (Å²) in [5, 5.41) is 13.9. The maximum Gasteiger partial charge on any atom is 0.433 e.